The molecule has 19 heavy (non-hydrogen) atoms. The maximum absolute atomic E-state index is 11.9. The van der Waals surface area contributed by atoms with Gasteiger partial charge in [-0.3, -0.25) is 4.79 Å². The molecule has 0 radical (unpaired) electrons. The van der Waals surface area contributed by atoms with Crippen molar-refractivity contribution < 1.29 is 9.53 Å². The largest absolute Gasteiger partial charge is 0.377 e. The van der Waals surface area contributed by atoms with Crippen molar-refractivity contribution in [3.8, 4) is 0 Å². The maximum Gasteiger partial charge on any atom is 0.267 e. The molecule has 1 fully saturated rings. The van der Waals surface area contributed by atoms with Crippen LogP contribution in [0, 0.1) is 11.3 Å². The van der Waals surface area contributed by atoms with Gasteiger partial charge in [-0.25, -0.2) is 0 Å². The number of ether oxygens (including phenoxy) is 1. The first-order chi connectivity index (χ1) is 8.98. The van der Waals surface area contributed by atoms with Gasteiger partial charge in [0, 0.05) is 25.3 Å². The highest BCUT2D eigenvalue weighted by Crippen LogP contribution is 2.33. The van der Waals surface area contributed by atoms with Crippen molar-refractivity contribution in [2.45, 2.75) is 39.7 Å². The molecule has 0 aliphatic carbocycles. The molecular formula is C15H24N2O2. The van der Waals surface area contributed by atoms with E-state index < -0.39 is 0 Å². The number of aromatic nitrogens is 1. The van der Waals surface area contributed by atoms with Crippen LogP contribution in [0.3, 0.4) is 0 Å². The highest BCUT2D eigenvalue weighted by atomic mass is 16.5. The molecule has 4 nitrogen and oxygen atoms in total. The molecule has 0 aromatic carbocycles. The lowest BCUT2D eigenvalue weighted by Gasteiger charge is -2.40. The standard InChI is InChI=1S/C15H24N2O2/c1-15(2,3)13-11(6-5-9-19-13)10-17-14(18)12-7-4-8-16-12/h4,7-8,11,13,16H,5-6,9-10H2,1-3H3,(H,17,18). The summed E-state index contributed by atoms with van der Waals surface area (Å²) >= 11 is 0. The van der Waals surface area contributed by atoms with Crippen LogP contribution in [0.15, 0.2) is 18.3 Å². The van der Waals surface area contributed by atoms with Gasteiger partial charge < -0.3 is 15.0 Å². The van der Waals surface area contributed by atoms with Crippen LogP contribution in [0.4, 0.5) is 0 Å². The summed E-state index contributed by atoms with van der Waals surface area (Å²) in [6.07, 6.45) is 4.17. The predicted molar refractivity (Wildman–Crippen MR) is 75.0 cm³/mol. The zero-order valence-electron chi connectivity index (χ0n) is 12.0. The summed E-state index contributed by atoms with van der Waals surface area (Å²) in [6, 6.07) is 3.62. The lowest BCUT2D eigenvalue weighted by Crippen LogP contribution is -2.45. The SMILES string of the molecule is CC(C)(C)C1OCCCC1CNC(=O)c1ccc[nH]1. The van der Waals surface area contributed by atoms with Gasteiger partial charge in [0.25, 0.3) is 5.91 Å². The van der Waals surface area contributed by atoms with E-state index in [1.165, 1.54) is 0 Å². The van der Waals surface area contributed by atoms with Crippen molar-refractivity contribution in [1.82, 2.24) is 10.3 Å². The third kappa shape index (κ3) is 3.60. The van der Waals surface area contributed by atoms with Gasteiger partial charge in [-0.1, -0.05) is 20.8 Å². The molecule has 1 saturated heterocycles. The fourth-order valence-electron chi connectivity index (χ4n) is 2.80. The molecule has 0 saturated carbocycles. The van der Waals surface area contributed by atoms with Crippen molar-refractivity contribution in [3.05, 3.63) is 24.0 Å². The number of carbonyl (C=O) groups excluding carboxylic acids is 1. The van der Waals surface area contributed by atoms with Gasteiger partial charge in [0.05, 0.1) is 6.10 Å². The summed E-state index contributed by atoms with van der Waals surface area (Å²) in [5.74, 6) is 0.357. The van der Waals surface area contributed by atoms with Gasteiger partial charge in [-0.2, -0.15) is 0 Å². The van der Waals surface area contributed by atoms with Gasteiger partial charge >= 0.3 is 0 Å². The smallest absolute Gasteiger partial charge is 0.267 e. The maximum atomic E-state index is 11.9. The number of aromatic amines is 1. The lowest BCUT2D eigenvalue weighted by atomic mass is 9.78. The fourth-order valence-corrected chi connectivity index (χ4v) is 2.80. The zero-order valence-corrected chi connectivity index (χ0v) is 12.0. The molecule has 2 rings (SSSR count). The number of amides is 1. The average Bonchev–Trinajstić information content (AvgIpc) is 2.89. The van der Waals surface area contributed by atoms with Crippen LogP contribution in [0.5, 0.6) is 0 Å². The Hall–Kier alpha value is -1.29. The molecular weight excluding hydrogens is 240 g/mol. The van der Waals surface area contributed by atoms with E-state index >= 15 is 0 Å². The van der Waals surface area contributed by atoms with Crippen molar-refractivity contribution in [3.63, 3.8) is 0 Å². The normalized spacial score (nSPS) is 24.2. The average molecular weight is 264 g/mol. The number of rotatable bonds is 3. The first-order valence-corrected chi connectivity index (χ1v) is 7.01. The molecule has 1 aliphatic rings. The van der Waals surface area contributed by atoms with Crippen molar-refractivity contribution in [2.75, 3.05) is 13.2 Å². The third-order valence-corrected chi connectivity index (χ3v) is 3.67. The van der Waals surface area contributed by atoms with Gasteiger partial charge in [0.15, 0.2) is 0 Å². The van der Waals surface area contributed by atoms with E-state index in [9.17, 15) is 4.79 Å². The van der Waals surface area contributed by atoms with Crippen LogP contribution in [0.2, 0.25) is 0 Å². The van der Waals surface area contributed by atoms with Gasteiger partial charge in [-0.05, 0) is 30.4 Å². The van der Waals surface area contributed by atoms with Crippen molar-refractivity contribution in [2.24, 2.45) is 11.3 Å². The van der Waals surface area contributed by atoms with Crippen LogP contribution in [0.1, 0.15) is 44.1 Å². The Morgan fingerprint density at radius 2 is 2.32 bits per heavy atom. The lowest BCUT2D eigenvalue weighted by molar-refractivity contribution is -0.0839. The molecule has 0 spiro atoms. The molecule has 2 N–H and O–H groups in total. The molecule has 2 unspecified atom stereocenters. The first kappa shape index (κ1) is 14.1. The fraction of sp³-hybridized carbons (Fsp3) is 0.667. The van der Waals surface area contributed by atoms with E-state index in [1.807, 2.05) is 6.07 Å². The first-order valence-electron chi connectivity index (χ1n) is 7.01. The Morgan fingerprint density at radius 3 is 2.95 bits per heavy atom. The molecule has 1 amide bonds. The minimum Gasteiger partial charge on any atom is -0.377 e. The van der Waals surface area contributed by atoms with Gasteiger partial charge in [0.1, 0.15) is 5.69 Å². The topological polar surface area (TPSA) is 54.1 Å². The second-order valence-electron chi connectivity index (χ2n) is 6.35. The minimum atomic E-state index is -0.0387. The van der Waals surface area contributed by atoms with Crippen LogP contribution in [0.25, 0.3) is 0 Å². The highest BCUT2D eigenvalue weighted by molar-refractivity contribution is 5.92. The Bertz CT molecular complexity index is 406. The summed E-state index contributed by atoms with van der Waals surface area (Å²) in [7, 11) is 0. The molecule has 1 aromatic heterocycles. The number of nitrogens with one attached hydrogen (secondary N) is 2. The third-order valence-electron chi connectivity index (χ3n) is 3.67. The summed E-state index contributed by atoms with van der Waals surface area (Å²) in [4.78, 5) is 14.8. The van der Waals surface area contributed by atoms with E-state index in [0.29, 0.717) is 18.2 Å². The van der Waals surface area contributed by atoms with Crippen LogP contribution >= 0.6 is 0 Å². The highest BCUT2D eigenvalue weighted by Gasteiger charge is 2.35. The van der Waals surface area contributed by atoms with Crippen LogP contribution < -0.4 is 5.32 Å². The van der Waals surface area contributed by atoms with E-state index in [0.717, 1.165) is 19.4 Å². The zero-order chi connectivity index (χ0) is 13.9. The Morgan fingerprint density at radius 1 is 1.53 bits per heavy atom. The quantitative estimate of drug-likeness (QED) is 0.881. The summed E-state index contributed by atoms with van der Waals surface area (Å²) in [5, 5.41) is 3.01. The Kier molecular flexibility index (Phi) is 4.30. The predicted octanol–water partition coefficient (Wildman–Crippen LogP) is 2.59. The van der Waals surface area contributed by atoms with Crippen LogP contribution in [-0.4, -0.2) is 30.1 Å². The second-order valence-corrected chi connectivity index (χ2v) is 6.35. The molecule has 2 heterocycles. The number of hydrogen-bond acceptors (Lipinski definition) is 2. The Balaban J connectivity index is 1.91. The van der Waals surface area contributed by atoms with E-state index in [4.69, 9.17) is 4.74 Å². The molecule has 4 heteroatoms. The summed E-state index contributed by atoms with van der Waals surface area (Å²) in [6.45, 7) is 8.11. The van der Waals surface area contributed by atoms with Crippen molar-refractivity contribution in [1.29, 1.82) is 0 Å². The molecule has 0 bridgehead atoms. The van der Waals surface area contributed by atoms with E-state index in [-0.39, 0.29) is 17.4 Å². The number of H-pyrrole nitrogens is 1. The second kappa shape index (κ2) is 5.78. The molecule has 106 valence electrons. The Labute approximate surface area is 114 Å². The summed E-state index contributed by atoms with van der Waals surface area (Å²) < 4.78 is 5.92. The summed E-state index contributed by atoms with van der Waals surface area (Å²) in [5.41, 5.74) is 0.728. The molecule has 1 aromatic rings. The minimum absolute atomic E-state index is 0.0387. The van der Waals surface area contributed by atoms with Crippen molar-refractivity contribution >= 4 is 5.91 Å². The van der Waals surface area contributed by atoms with Gasteiger partial charge in [0.2, 0.25) is 0 Å². The number of carbonyl (C=O) groups is 1. The van der Waals surface area contributed by atoms with Gasteiger partial charge in [-0.15, -0.1) is 0 Å². The number of hydrogen-bond donors (Lipinski definition) is 2. The van der Waals surface area contributed by atoms with E-state index in [2.05, 4.69) is 31.1 Å². The van der Waals surface area contributed by atoms with E-state index in [1.54, 1.807) is 12.3 Å². The molecule has 2 atom stereocenters. The monoisotopic (exact) mass is 264 g/mol. The van der Waals surface area contributed by atoms with Crippen LogP contribution in [-0.2, 0) is 4.74 Å². The molecule has 1 aliphatic heterocycles.